The van der Waals surface area contributed by atoms with Gasteiger partial charge in [0.25, 0.3) is 0 Å². The molecule has 0 spiro atoms. The van der Waals surface area contributed by atoms with Gasteiger partial charge in [-0.25, -0.2) is 0 Å². The van der Waals surface area contributed by atoms with E-state index in [2.05, 4.69) is 29.2 Å². The van der Waals surface area contributed by atoms with E-state index in [1.54, 1.807) is 0 Å². The zero-order valence-corrected chi connectivity index (χ0v) is 16.5. The molecule has 0 radical (unpaired) electrons. The summed E-state index contributed by atoms with van der Waals surface area (Å²) in [4.78, 5) is 2.46. The van der Waals surface area contributed by atoms with Crippen LogP contribution in [0.4, 0.5) is 13.2 Å². The van der Waals surface area contributed by atoms with Crippen LogP contribution in [0.25, 0.3) is 0 Å². The fraction of sp³-hybridized carbons (Fsp3) is 0.429. The summed E-state index contributed by atoms with van der Waals surface area (Å²) in [5.74, 6) is 1.23. The smallest absolute Gasteiger partial charge is 0.416 e. The number of hydrogen-bond donors (Lipinski definition) is 0. The van der Waals surface area contributed by atoms with Crippen molar-refractivity contribution in [2.24, 2.45) is 11.8 Å². The first-order valence-electron chi connectivity index (χ1n) is 9.45. The first-order valence-corrected chi connectivity index (χ1v) is 9.92. The van der Waals surface area contributed by atoms with E-state index in [0.29, 0.717) is 17.6 Å². The Bertz CT molecular complexity index is 801. The van der Waals surface area contributed by atoms with Crippen LogP contribution in [0, 0.1) is 11.8 Å². The molecule has 1 unspecified atom stereocenters. The highest BCUT2D eigenvalue weighted by Gasteiger charge is 2.44. The summed E-state index contributed by atoms with van der Waals surface area (Å²) in [6, 6.07) is 13.8. The summed E-state index contributed by atoms with van der Waals surface area (Å²) in [5, 5.41) is 0. The van der Waals surface area contributed by atoms with Gasteiger partial charge in [0, 0.05) is 31.5 Å². The molecule has 28 heavy (non-hydrogen) atoms. The van der Waals surface area contributed by atoms with E-state index in [1.807, 2.05) is 15.5 Å². The van der Waals surface area contributed by atoms with E-state index in [0.717, 1.165) is 44.6 Å². The lowest BCUT2D eigenvalue weighted by molar-refractivity contribution is -0.137. The van der Waals surface area contributed by atoms with Gasteiger partial charge in [0.1, 0.15) is 6.10 Å². The van der Waals surface area contributed by atoms with Crippen molar-refractivity contribution in [3.8, 4) is 11.5 Å². The molecule has 2 aliphatic rings. The highest BCUT2D eigenvalue weighted by atomic mass is 31.0. The predicted octanol–water partition coefficient (Wildman–Crippen LogP) is 5.16. The van der Waals surface area contributed by atoms with Crippen molar-refractivity contribution in [2.75, 3.05) is 13.1 Å². The van der Waals surface area contributed by atoms with Gasteiger partial charge in [-0.1, -0.05) is 30.3 Å². The molecular formula is C21H23F3NO2P. The van der Waals surface area contributed by atoms with Crippen molar-refractivity contribution < 1.29 is 22.4 Å². The minimum absolute atomic E-state index is 0.0164. The molecule has 4 rings (SSSR count). The number of benzene rings is 2. The average Bonchev–Trinajstić information content (AvgIpc) is 2.90. The van der Waals surface area contributed by atoms with Gasteiger partial charge in [-0.3, -0.25) is 4.90 Å². The summed E-state index contributed by atoms with van der Waals surface area (Å²) in [6.07, 6.45) is -2.22. The SMILES string of the molecule is FC(F)(F)c1ccc(O[C@@H]2[C@@H]3CC[C@H]2CN(Cc2ccccc2)C3)c(OP)c1. The molecule has 1 aliphatic heterocycles. The van der Waals surface area contributed by atoms with Gasteiger partial charge in [-0.05, 0) is 36.6 Å². The number of halogens is 3. The first-order chi connectivity index (χ1) is 13.4. The van der Waals surface area contributed by atoms with Gasteiger partial charge in [0.2, 0.25) is 0 Å². The molecule has 1 saturated heterocycles. The third-order valence-electron chi connectivity index (χ3n) is 5.73. The zero-order chi connectivity index (χ0) is 19.7. The minimum Gasteiger partial charge on any atom is -0.486 e. The highest BCUT2D eigenvalue weighted by molar-refractivity contribution is 7.10. The number of piperidine rings is 1. The summed E-state index contributed by atoms with van der Waals surface area (Å²) < 4.78 is 50.1. The van der Waals surface area contributed by atoms with Crippen LogP contribution in [0.15, 0.2) is 48.5 Å². The average molecular weight is 409 g/mol. The van der Waals surface area contributed by atoms with Gasteiger partial charge in [0.05, 0.1) is 15.0 Å². The van der Waals surface area contributed by atoms with E-state index in [-0.39, 0.29) is 11.9 Å². The van der Waals surface area contributed by atoms with E-state index in [4.69, 9.17) is 9.26 Å². The predicted molar refractivity (Wildman–Crippen MR) is 104 cm³/mol. The fourth-order valence-electron chi connectivity index (χ4n) is 4.45. The molecule has 0 amide bonds. The number of rotatable bonds is 5. The summed E-state index contributed by atoms with van der Waals surface area (Å²) in [6.45, 7) is 2.79. The Morgan fingerprint density at radius 3 is 2.25 bits per heavy atom. The molecule has 1 heterocycles. The maximum absolute atomic E-state index is 12.9. The van der Waals surface area contributed by atoms with E-state index < -0.39 is 11.7 Å². The van der Waals surface area contributed by atoms with Crippen LogP contribution in [-0.4, -0.2) is 24.1 Å². The fourth-order valence-corrected chi connectivity index (χ4v) is 4.64. The monoisotopic (exact) mass is 409 g/mol. The van der Waals surface area contributed by atoms with E-state index in [1.165, 1.54) is 11.6 Å². The summed E-state index contributed by atoms with van der Waals surface area (Å²) >= 11 is 0. The number of nitrogens with zero attached hydrogens (tertiary/aromatic N) is 1. The number of fused-ring (bicyclic) bond motifs is 2. The van der Waals surface area contributed by atoms with E-state index >= 15 is 0 Å². The van der Waals surface area contributed by atoms with Crippen LogP contribution >= 0.6 is 9.47 Å². The third kappa shape index (κ3) is 4.13. The zero-order valence-electron chi connectivity index (χ0n) is 15.4. The lowest BCUT2D eigenvalue weighted by atomic mass is 9.94. The normalized spacial score (nSPS) is 24.9. The number of ether oxygens (including phenoxy) is 1. The molecule has 1 aliphatic carbocycles. The molecule has 0 N–H and O–H groups in total. The van der Waals surface area contributed by atoms with Gasteiger partial charge < -0.3 is 9.26 Å². The van der Waals surface area contributed by atoms with Gasteiger partial charge in [0.15, 0.2) is 11.5 Å². The minimum atomic E-state index is -4.40. The largest absolute Gasteiger partial charge is 0.486 e. The number of alkyl halides is 3. The Hall–Kier alpha value is -1.78. The molecule has 2 aromatic carbocycles. The van der Waals surface area contributed by atoms with Crippen LogP contribution in [0.5, 0.6) is 11.5 Å². The molecule has 4 atom stereocenters. The van der Waals surface area contributed by atoms with Crippen LogP contribution in [0.2, 0.25) is 0 Å². The van der Waals surface area contributed by atoms with Crippen molar-refractivity contribution in [3.05, 3.63) is 59.7 Å². The molecule has 3 nitrogen and oxygen atoms in total. The highest BCUT2D eigenvalue weighted by Crippen LogP contribution is 2.43. The van der Waals surface area contributed by atoms with E-state index in [9.17, 15) is 13.2 Å². The van der Waals surface area contributed by atoms with Gasteiger partial charge in [-0.2, -0.15) is 13.2 Å². The van der Waals surface area contributed by atoms with Crippen LogP contribution < -0.4 is 9.26 Å². The molecule has 2 aromatic rings. The Labute approximate surface area is 165 Å². The van der Waals surface area contributed by atoms with Crippen molar-refractivity contribution in [1.29, 1.82) is 0 Å². The van der Waals surface area contributed by atoms with Crippen molar-refractivity contribution >= 4 is 9.47 Å². The van der Waals surface area contributed by atoms with Gasteiger partial charge in [-0.15, -0.1) is 0 Å². The van der Waals surface area contributed by atoms with Crippen molar-refractivity contribution in [3.63, 3.8) is 0 Å². The Kier molecular flexibility index (Phi) is 5.52. The third-order valence-corrected chi connectivity index (χ3v) is 5.99. The lowest BCUT2D eigenvalue weighted by Gasteiger charge is -2.38. The number of likely N-dealkylation sites (tertiary alicyclic amines) is 1. The molecule has 1 saturated carbocycles. The maximum atomic E-state index is 12.9. The molecule has 0 aromatic heterocycles. The molecule has 2 bridgehead atoms. The first kappa shape index (κ1) is 19.5. The van der Waals surface area contributed by atoms with Crippen LogP contribution in [-0.2, 0) is 12.7 Å². The van der Waals surface area contributed by atoms with Crippen molar-refractivity contribution in [1.82, 2.24) is 4.90 Å². The second-order valence-electron chi connectivity index (χ2n) is 7.64. The van der Waals surface area contributed by atoms with Gasteiger partial charge >= 0.3 is 6.18 Å². The Morgan fingerprint density at radius 1 is 0.964 bits per heavy atom. The van der Waals surface area contributed by atoms with Crippen LogP contribution in [0.1, 0.15) is 24.0 Å². The molecular weight excluding hydrogens is 386 g/mol. The second-order valence-corrected chi connectivity index (χ2v) is 7.87. The standard InChI is InChI=1S/C21H23F3NO2P/c22-21(23,24)17-8-9-18(19(10-17)27-28)26-20-15-6-7-16(20)13-25(12-15)11-14-4-2-1-3-5-14/h1-5,8-10,15-16,20H,6-7,11-13,28H2/t15-,16+,20-. The molecule has 150 valence electrons. The summed E-state index contributed by atoms with van der Waals surface area (Å²) in [5.41, 5.74) is 0.556. The number of hydrogen-bond acceptors (Lipinski definition) is 3. The lowest BCUT2D eigenvalue weighted by Crippen LogP contribution is -2.46. The second kappa shape index (κ2) is 7.92. The molecule has 7 heteroatoms. The summed E-state index contributed by atoms with van der Waals surface area (Å²) in [7, 11) is 2.01. The quantitative estimate of drug-likeness (QED) is 0.637. The Morgan fingerprint density at radius 2 is 1.64 bits per heavy atom. The Balaban J connectivity index is 1.45. The van der Waals surface area contributed by atoms with Crippen LogP contribution in [0.3, 0.4) is 0 Å². The molecule has 2 fully saturated rings. The maximum Gasteiger partial charge on any atom is 0.416 e. The van der Waals surface area contributed by atoms with Crippen molar-refractivity contribution in [2.45, 2.75) is 31.7 Å². The topological polar surface area (TPSA) is 21.7 Å².